The molecule has 0 fully saturated rings. The largest absolute Gasteiger partial charge is 0.388 e. The number of aliphatic hydroxyl groups is 1. The molecule has 1 rings (SSSR count). The number of carbonyl (C=O) groups is 1. The lowest BCUT2D eigenvalue weighted by atomic mass is 9.92. The van der Waals surface area contributed by atoms with Gasteiger partial charge in [-0.2, -0.15) is 0 Å². The second kappa shape index (κ2) is 8.90. The molecule has 0 saturated carbocycles. The Labute approximate surface area is 132 Å². The molecule has 0 aliphatic rings. The molecule has 0 bridgehead atoms. The van der Waals surface area contributed by atoms with Gasteiger partial charge in [-0.15, -0.1) is 0 Å². The maximum absolute atomic E-state index is 12.0. The Morgan fingerprint density at radius 1 is 1.50 bits per heavy atom. The summed E-state index contributed by atoms with van der Waals surface area (Å²) in [6.07, 6.45) is 4.27. The van der Waals surface area contributed by atoms with Gasteiger partial charge in [0.05, 0.1) is 0 Å². The molecular formula is C16H29N3O3. The van der Waals surface area contributed by atoms with Crippen LogP contribution in [-0.2, 0) is 6.61 Å². The van der Waals surface area contributed by atoms with Crippen LogP contribution in [0.5, 0.6) is 0 Å². The third-order valence-corrected chi connectivity index (χ3v) is 4.43. The van der Waals surface area contributed by atoms with Crippen LogP contribution in [0.15, 0.2) is 10.6 Å². The molecular weight excluding hydrogens is 282 g/mol. The molecule has 126 valence electrons. The van der Waals surface area contributed by atoms with Gasteiger partial charge in [-0.25, -0.2) is 0 Å². The Morgan fingerprint density at radius 3 is 2.77 bits per heavy atom. The van der Waals surface area contributed by atoms with Gasteiger partial charge in [0.25, 0.3) is 5.91 Å². The van der Waals surface area contributed by atoms with Crippen LogP contribution < -0.4 is 5.32 Å². The zero-order valence-corrected chi connectivity index (χ0v) is 14.2. The summed E-state index contributed by atoms with van der Waals surface area (Å²) in [5.41, 5.74) is 0.282. The van der Waals surface area contributed by atoms with Crippen LogP contribution >= 0.6 is 0 Å². The molecule has 1 aromatic rings. The number of hydrogen-bond acceptors (Lipinski definition) is 5. The summed E-state index contributed by atoms with van der Waals surface area (Å²) < 4.78 is 4.82. The normalized spacial score (nSPS) is 14.1. The number of amides is 1. The maximum Gasteiger partial charge on any atom is 0.273 e. The fourth-order valence-corrected chi connectivity index (χ4v) is 2.33. The van der Waals surface area contributed by atoms with E-state index < -0.39 is 0 Å². The second-order valence-electron chi connectivity index (χ2n) is 5.97. The lowest BCUT2D eigenvalue weighted by Crippen LogP contribution is -2.46. The molecule has 1 atom stereocenters. The van der Waals surface area contributed by atoms with E-state index in [2.05, 4.69) is 43.2 Å². The predicted molar refractivity (Wildman–Crippen MR) is 85.6 cm³/mol. The SMILES string of the molecule is CCCCN(C)C(C)(CC)CCNC(=O)c1cc(CO)on1. The number of aliphatic hydroxyl groups excluding tert-OH is 1. The molecule has 0 saturated heterocycles. The lowest BCUT2D eigenvalue weighted by Gasteiger charge is -2.38. The quantitative estimate of drug-likeness (QED) is 0.692. The van der Waals surface area contributed by atoms with Gasteiger partial charge in [-0.05, 0) is 39.8 Å². The number of rotatable bonds is 10. The first-order chi connectivity index (χ1) is 10.5. The highest BCUT2D eigenvalue weighted by atomic mass is 16.5. The van der Waals surface area contributed by atoms with Crippen LogP contribution in [0, 0.1) is 0 Å². The van der Waals surface area contributed by atoms with Gasteiger partial charge < -0.3 is 19.8 Å². The van der Waals surface area contributed by atoms with E-state index in [0.29, 0.717) is 12.3 Å². The molecule has 22 heavy (non-hydrogen) atoms. The number of nitrogens with zero attached hydrogens (tertiary/aromatic N) is 2. The fraction of sp³-hybridized carbons (Fsp3) is 0.750. The maximum atomic E-state index is 12.0. The molecule has 0 aliphatic carbocycles. The standard InChI is InChI=1S/C16H29N3O3/c1-5-7-10-19(4)16(3,6-2)8-9-17-15(21)14-11-13(12-20)22-18-14/h11,20H,5-10,12H2,1-4H3,(H,17,21). The predicted octanol–water partition coefficient (Wildman–Crippen LogP) is 2.19. The van der Waals surface area contributed by atoms with E-state index in [0.717, 1.165) is 19.4 Å². The molecule has 0 radical (unpaired) electrons. The van der Waals surface area contributed by atoms with E-state index in [4.69, 9.17) is 9.63 Å². The van der Waals surface area contributed by atoms with E-state index in [1.54, 1.807) is 0 Å². The Hall–Kier alpha value is -1.40. The number of carbonyl (C=O) groups excluding carboxylic acids is 1. The topological polar surface area (TPSA) is 78.6 Å². The molecule has 0 spiro atoms. The number of unbranched alkanes of at least 4 members (excludes halogenated alkanes) is 1. The number of aromatic nitrogens is 1. The summed E-state index contributed by atoms with van der Waals surface area (Å²) in [4.78, 5) is 14.3. The number of nitrogens with one attached hydrogen (secondary N) is 1. The van der Waals surface area contributed by atoms with E-state index in [-0.39, 0.29) is 23.7 Å². The minimum Gasteiger partial charge on any atom is -0.388 e. The van der Waals surface area contributed by atoms with Crippen molar-refractivity contribution in [1.29, 1.82) is 0 Å². The molecule has 6 heteroatoms. The summed E-state index contributed by atoms with van der Waals surface area (Å²) >= 11 is 0. The minimum atomic E-state index is -0.266. The zero-order valence-electron chi connectivity index (χ0n) is 14.2. The van der Waals surface area contributed by atoms with Gasteiger partial charge in [0.15, 0.2) is 11.5 Å². The van der Waals surface area contributed by atoms with Crippen molar-refractivity contribution < 1.29 is 14.4 Å². The Balaban J connectivity index is 2.47. The highest BCUT2D eigenvalue weighted by Gasteiger charge is 2.26. The number of hydrogen-bond donors (Lipinski definition) is 2. The summed E-state index contributed by atoms with van der Waals surface area (Å²) in [6, 6.07) is 1.46. The molecule has 2 N–H and O–H groups in total. The summed E-state index contributed by atoms with van der Waals surface area (Å²) in [5.74, 6) is 0.0287. The first-order valence-corrected chi connectivity index (χ1v) is 8.02. The van der Waals surface area contributed by atoms with E-state index in [1.807, 2.05) is 0 Å². The van der Waals surface area contributed by atoms with Crippen molar-refractivity contribution in [2.24, 2.45) is 0 Å². The Morgan fingerprint density at radius 2 is 2.23 bits per heavy atom. The molecule has 1 amide bonds. The molecule has 0 aliphatic heterocycles. The van der Waals surface area contributed by atoms with Gasteiger partial charge in [0.1, 0.15) is 6.61 Å². The van der Waals surface area contributed by atoms with Gasteiger partial charge in [-0.1, -0.05) is 25.4 Å². The highest BCUT2D eigenvalue weighted by Crippen LogP contribution is 2.22. The van der Waals surface area contributed by atoms with Crippen LogP contribution in [0.4, 0.5) is 0 Å². The summed E-state index contributed by atoms with van der Waals surface area (Å²) in [5, 5.41) is 15.4. The Kier molecular flexibility index (Phi) is 7.55. The van der Waals surface area contributed by atoms with E-state index in [9.17, 15) is 4.79 Å². The zero-order chi connectivity index (χ0) is 16.6. The van der Waals surface area contributed by atoms with Crippen molar-refractivity contribution in [3.8, 4) is 0 Å². The third-order valence-electron chi connectivity index (χ3n) is 4.43. The van der Waals surface area contributed by atoms with Gasteiger partial charge in [0.2, 0.25) is 0 Å². The molecule has 0 aromatic carbocycles. The molecule has 6 nitrogen and oxygen atoms in total. The van der Waals surface area contributed by atoms with Crippen molar-refractivity contribution in [1.82, 2.24) is 15.4 Å². The fourth-order valence-electron chi connectivity index (χ4n) is 2.33. The van der Waals surface area contributed by atoms with Gasteiger partial charge >= 0.3 is 0 Å². The molecule has 1 unspecified atom stereocenters. The summed E-state index contributed by atoms with van der Waals surface area (Å²) in [6.45, 7) is 8.00. The van der Waals surface area contributed by atoms with Crippen LogP contribution in [-0.4, -0.2) is 46.7 Å². The van der Waals surface area contributed by atoms with Crippen LogP contribution in [0.3, 0.4) is 0 Å². The first kappa shape index (κ1) is 18.6. The van der Waals surface area contributed by atoms with Crippen LogP contribution in [0.25, 0.3) is 0 Å². The average molecular weight is 311 g/mol. The van der Waals surface area contributed by atoms with Gasteiger partial charge in [-0.3, -0.25) is 4.79 Å². The van der Waals surface area contributed by atoms with Crippen molar-refractivity contribution >= 4 is 5.91 Å². The lowest BCUT2D eigenvalue weighted by molar-refractivity contribution is 0.0912. The van der Waals surface area contributed by atoms with Crippen molar-refractivity contribution in [2.45, 2.75) is 58.6 Å². The first-order valence-electron chi connectivity index (χ1n) is 8.02. The van der Waals surface area contributed by atoms with E-state index in [1.165, 1.54) is 18.9 Å². The molecule has 1 heterocycles. The van der Waals surface area contributed by atoms with E-state index >= 15 is 0 Å². The average Bonchev–Trinajstić information content (AvgIpc) is 3.01. The third kappa shape index (κ3) is 5.10. The minimum absolute atomic E-state index is 0.0720. The second-order valence-corrected chi connectivity index (χ2v) is 5.97. The van der Waals surface area contributed by atoms with Crippen LogP contribution in [0.1, 0.15) is 62.7 Å². The van der Waals surface area contributed by atoms with Gasteiger partial charge in [0, 0.05) is 18.2 Å². The molecule has 1 aromatic heterocycles. The monoisotopic (exact) mass is 311 g/mol. The summed E-state index contributed by atoms with van der Waals surface area (Å²) in [7, 11) is 2.14. The smallest absolute Gasteiger partial charge is 0.273 e. The van der Waals surface area contributed by atoms with Crippen LogP contribution in [0.2, 0.25) is 0 Å². The van der Waals surface area contributed by atoms with Crippen molar-refractivity contribution in [2.75, 3.05) is 20.1 Å². The Bertz CT molecular complexity index is 461. The highest BCUT2D eigenvalue weighted by molar-refractivity contribution is 5.92. The van der Waals surface area contributed by atoms with Crippen molar-refractivity contribution in [3.05, 3.63) is 17.5 Å². The van der Waals surface area contributed by atoms with Crippen molar-refractivity contribution in [3.63, 3.8) is 0 Å².